The zero-order chi connectivity index (χ0) is 24.8. The fourth-order valence-electron chi connectivity index (χ4n) is 4.51. The quantitative estimate of drug-likeness (QED) is 0.245. The second kappa shape index (κ2) is 8.73. The van der Waals surface area contributed by atoms with Crippen molar-refractivity contribution in [1.29, 1.82) is 0 Å². The summed E-state index contributed by atoms with van der Waals surface area (Å²) >= 11 is 0. The Morgan fingerprint density at radius 1 is 0.794 bits per heavy atom. The van der Waals surface area contributed by atoms with E-state index in [4.69, 9.17) is 10.8 Å². The van der Waals surface area contributed by atoms with E-state index in [1.165, 1.54) is 5.19 Å². The van der Waals surface area contributed by atoms with Crippen LogP contribution in [0.25, 0.3) is 44.7 Å². The molecule has 0 unspecified atom stereocenters. The highest BCUT2D eigenvalue weighted by atomic mass is 28.3. The van der Waals surface area contributed by atoms with Crippen LogP contribution in [0, 0.1) is 0 Å². The molecule has 0 saturated heterocycles. The summed E-state index contributed by atoms with van der Waals surface area (Å²) in [6.07, 6.45) is 2.01. The van der Waals surface area contributed by atoms with Crippen molar-refractivity contribution >= 4 is 24.2 Å². The summed E-state index contributed by atoms with van der Waals surface area (Å²) < 4.78 is 15.2. The SMILES string of the molecule is [2H]C(C)(C)c1cc(-c2cc(-c3ccccc3)c3cc(-c4ccccc4)oc3c2)ncc1[Si](C)(C)C. The number of hydrogen-bond donors (Lipinski definition) is 0. The highest BCUT2D eigenvalue weighted by Gasteiger charge is 2.23. The first-order chi connectivity index (χ1) is 16.6. The summed E-state index contributed by atoms with van der Waals surface area (Å²) in [5.41, 5.74) is 7.08. The second-order valence-corrected chi connectivity index (χ2v) is 15.2. The molecule has 0 fully saturated rings. The van der Waals surface area contributed by atoms with Crippen molar-refractivity contribution < 1.29 is 5.79 Å². The van der Waals surface area contributed by atoms with Gasteiger partial charge < -0.3 is 4.42 Å². The Balaban J connectivity index is 1.75. The standard InChI is InChI=1S/C31H31NOSi/c1-21(2)25-18-28(32-20-31(25)34(3,4)5)24-16-26(22-12-8-6-9-13-22)27-19-29(33-30(27)17-24)23-14-10-7-11-15-23/h6-21H,1-5H3/i21D. The third-order valence-electron chi connectivity index (χ3n) is 6.33. The average Bonchev–Trinajstić information content (AvgIpc) is 3.27. The van der Waals surface area contributed by atoms with Crippen molar-refractivity contribution in [2.24, 2.45) is 0 Å². The molecule has 2 nitrogen and oxygen atoms in total. The highest BCUT2D eigenvalue weighted by molar-refractivity contribution is 6.89. The lowest BCUT2D eigenvalue weighted by Crippen LogP contribution is -2.40. The number of pyridine rings is 1. The van der Waals surface area contributed by atoms with E-state index in [1.54, 1.807) is 0 Å². The van der Waals surface area contributed by atoms with E-state index in [-0.39, 0.29) is 0 Å². The van der Waals surface area contributed by atoms with E-state index in [0.717, 1.165) is 50.2 Å². The van der Waals surface area contributed by atoms with Crippen LogP contribution < -0.4 is 5.19 Å². The lowest BCUT2D eigenvalue weighted by atomic mass is 9.96. The molecule has 5 rings (SSSR count). The van der Waals surface area contributed by atoms with Gasteiger partial charge in [-0.15, -0.1) is 0 Å². The largest absolute Gasteiger partial charge is 0.456 e. The Kier molecular flexibility index (Phi) is 5.42. The lowest BCUT2D eigenvalue weighted by Gasteiger charge is -2.23. The number of furan rings is 1. The Labute approximate surface area is 204 Å². The van der Waals surface area contributed by atoms with E-state index in [1.807, 2.05) is 44.3 Å². The van der Waals surface area contributed by atoms with Crippen LogP contribution in [0.5, 0.6) is 0 Å². The number of nitrogens with zero attached hydrogens (tertiary/aromatic N) is 1. The molecule has 0 N–H and O–H groups in total. The van der Waals surface area contributed by atoms with Gasteiger partial charge in [-0.05, 0) is 52.0 Å². The van der Waals surface area contributed by atoms with Crippen molar-refractivity contribution in [1.82, 2.24) is 4.98 Å². The highest BCUT2D eigenvalue weighted by Crippen LogP contribution is 2.38. The van der Waals surface area contributed by atoms with Gasteiger partial charge in [0.05, 0.1) is 13.8 Å². The molecule has 0 aliphatic rings. The fraction of sp³-hybridized carbons (Fsp3) is 0.194. The van der Waals surface area contributed by atoms with Gasteiger partial charge in [0.1, 0.15) is 11.3 Å². The minimum atomic E-state index is -1.65. The molecule has 34 heavy (non-hydrogen) atoms. The van der Waals surface area contributed by atoms with Gasteiger partial charge in [-0.3, -0.25) is 4.98 Å². The monoisotopic (exact) mass is 462 g/mol. The van der Waals surface area contributed by atoms with E-state index < -0.39 is 14.0 Å². The van der Waals surface area contributed by atoms with E-state index in [2.05, 4.69) is 80.3 Å². The molecule has 3 aromatic carbocycles. The first-order valence-electron chi connectivity index (χ1n) is 12.3. The number of benzene rings is 3. The van der Waals surface area contributed by atoms with Crippen LogP contribution in [0.15, 0.2) is 95.5 Å². The number of fused-ring (bicyclic) bond motifs is 1. The maximum absolute atomic E-state index is 8.84. The minimum absolute atomic E-state index is 0.704. The summed E-state index contributed by atoms with van der Waals surface area (Å²) in [7, 11) is -1.65. The summed E-state index contributed by atoms with van der Waals surface area (Å²) in [6.45, 7) is 10.9. The molecule has 0 bridgehead atoms. The van der Waals surface area contributed by atoms with Gasteiger partial charge in [0.25, 0.3) is 0 Å². The molecule has 2 heterocycles. The van der Waals surface area contributed by atoms with Crippen molar-refractivity contribution in [2.75, 3.05) is 0 Å². The van der Waals surface area contributed by atoms with Crippen molar-refractivity contribution in [3.63, 3.8) is 0 Å². The minimum Gasteiger partial charge on any atom is -0.456 e. The Morgan fingerprint density at radius 2 is 1.44 bits per heavy atom. The van der Waals surface area contributed by atoms with Gasteiger partial charge >= 0.3 is 0 Å². The van der Waals surface area contributed by atoms with Gasteiger partial charge in [-0.2, -0.15) is 0 Å². The Hall–Kier alpha value is -3.43. The van der Waals surface area contributed by atoms with Crippen LogP contribution in [-0.2, 0) is 0 Å². The molecule has 0 radical (unpaired) electrons. The summed E-state index contributed by atoms with van der Waals surface area (Å²) in [5, 5.41) is 2.33. The fourth-order valence-corrected chi connectivity index (χ4v) is 6.09. The molecule has 2 aromatic heterocycles. The third kappa shape index (κ3) is 4.24. The molecule has 170 valence electrons. The summed E-state index contributed by atoms with van der Waals surface area (Å²) in [5.74, 6) is 0.148. The smallest absolute Gasteiger partial charge is 0.136 e. The van der Waals surface area contributed by atoms with Crippen LogP contribution in [0.3, 0.4) is 0 Å². The zero-order valence-electron chi connectivity index (χ0n) is 21.5. The molecule has 0 saturated carbocycles. The molecule has 5 aromatic rings. The zero-order valence-corrected chi connectivity index (χ0v) is 21.5. The van der Waals surface area contributed by atoms with Crippen molar-refractivity contribution in [3.8, 4) is 33.7 Å². The first-order valence-corrected chi connectivity index (χ1v) is 15.3. The van der Waals surface area contributed by atoms with E-state index >= 15 is 0 Å². The number of aromatic nitrogens is 1. The normalized spacial score (nSPS) is 12.7. The molecular formula is C31H31NOSi. The molecular weight excluding hydrogens is 430 g/mol. The van der Waals surface area contributed by atoms with Crippen molar-refractivity contribution in [3.05, 3.63) is 96.7 Å². The Morgan fingerprint density at radius 3 is 2.06 bits per heavy atom. The lowest BCUT2D eigenvalue weighted by molar-refractivity contribution is 0.632. The van der Waals surface area contributed by atoms with Crippen LogP contribution in [0.2, 0.25) is 19.6 Å². The van der Waals surface area contributed by atoms with Crippen LogP contribution >= 0.6 is 0 Å². The second-order valence-electron chi connectivity index (χ2n) is 10.1. The van der Waals surface area contributed by atoms with E-state index in [0.29, 0.717) is 0 Å². The maximum Gasteiger partial charge on any atom is 0.136 e. The van der Waals surface area contributed by atoms with Crippen LogP contribution in [0.1, 0.15) is 26.7 Å². The maximum atomic E-state index is 8.84. The predicted octanol–water partition coefficient (Wildman–Crippen LogP) is 8.50. The average molecular weight is 463 g/mol. The van der Waals surface area contributed by atoms with Gasteiger partial charge in [0.15, 0.2) is 0 Å². The number of rotatable bonds is 5. The molecule has 0 spiro atoms. The van der Waals surface area contributed by atoms with Crippen molar-refractivity contribution in [2.45, 2.75) is 39.4 Å². The molecule has 0 aliphatic heterocycles. The first kappa shape index (κ1) is 21.1. The van der Waals surface area contributed by atoms with Gasteiger partial charge in [-0.1, -0.05) is 94.2 Å². The Bertz CT molecular complexity index is 1490. The van der Waals surface area contributed by atoms with Gasteiger partial charge in [0.2, 0.25) is 0 Å². The van der Waals surface area contributed by atoms with Gasteiger partial charge in [-0.25, -0.2) is 0 Å². The number of hydrogen-bond acceptors (Lipinski definition) is 2. The third-order valence-corrected chi connectivity index (χ3v) is 8.34. The van der Waals surface area contributed by atoms with Crippen LogP contribution in [0.4, 0.5) is 0 Å². The summed E-state index contributed by atoms with van der Waals surface area (Å²) in [6, 6.07) is 29.2. The molecule has 0 aliphatic carbocycles. The summed E-state index contributed by atoms with van der Waals surface area (Å²) in [4.78, 5) is 4.91. The molecule has 0 amide bonds. The van der Waals surface area contributed by atoms with Crippen LogP contribution in [-0.4, -0.2) is 13.1 Å². The molecule has 3 heteroatoms. The molecule has 0 atom stereocenters. The van der Waals surface area contributed by atoms with Gasteiger partial charge in [0, 0.05) is 24.1 Å². The predicted molar refractivity (Wildman–Crippen MR) is 147 cm³/mol. The van der Waals surface area contributed by atoms with E-state index in [9.17, 15) is 0 Å². The topological polar surface area (TPSA) is 26.0 Å².